The lowest BCUT2D eigenvalue weighted by atomic mass is 10.1. The van der Waals surface area contributed by atoms with Gasteiger partial charge < -0.3 is 5.32 Å². The summed E-state index contributed by atoms with van der Waals surface area (Å²) in [5, 5.41) is 22.5. The first-order valence-corrected chi connectivity index (χ1v) is 6.87. The molecule has 0 aliphatic carbocycles. The number of aromatic nitrogens is 4. The Kier molecular flexibility index (Phi) is 4.07. The minimum absolute atomic E-state index is 0.260. The number of carbonyl (C=O) groups excluding carboxylic acids is 1. The fourth-order valence-corrected chi connectivity index (χ4v) is 2.13. The van der Waals surface area contributed by atoms with Crippen LogP contribution in [0.4, 0.5) is 5.69 Å². The van der Waals surface area contributed by atoms with Crippen LogP contribution in [0, 0.1) is 11.3 Å². The highest BCUT2D eigenvalue weighted by molar-refractivity contribution is 6.06. The van der Waals surface area contributed by atoms with Gasteiger partial charge in [0.25, 0.3) is 5.91 Å². The Morgan fingerprint density at radius 2 is 1.96 bits per heavy atom. The highest BCUT2D eigenvalue weighted by Crippen LogP contribution is 2.16. The van der Waals surface area contributed by atoms with E-state index in [2.05, 4.69) is 26.9 Å². The fourth-order valence-electron chi connectivity index (χ4n) is 2.13. The predicted octanol–water partition coefficient (Wildman–Crippen LogP) is 1.98. The van der Waals surface area contributed by atoms with Gasteiger partial charge in [-0.1, -0.05) is 24.3 Å². The molecule has 1 amide bonds. The van der Waals surface area contributed by atoms with Crippen LogP contribution in [-0.4, -0.2) is 26.1 Å². The molecule has 0 saturated carbocycles. The van der Waals surface area contributed by atoms with E-state index in [1.54, 1.807) is 30.3 Å². The molecule has 1 heterocycles. The number of amides is 1. The largest absolute Gasteiger partial charge is 0.322 e. The van der Waals surface area contributed by atoms with Crippen LogP contribution in [0.2, 0.25) is 0 Å². The number of nitrogens with one attached hydrogen (secondary N) is 1. The van der Waals surface area contributed by atoms with Crippen LogP contribution in [0.1, 0.15) is 15.9 Å². The topological polar surface area (TPSA) is 96.5 Å². The van der Waals surface area contributed by atoms with Gasteiger partial charge in [-0.25, -0.2) is 0 Å². The van der Waals surface area contributed by atoms with Crippen molar-refractivity contribution in [2.24, 2.45) is 0 Å². The zero-order valence-electron chi connectivity index (χ0n) is 12.0. The summed E-state index contributed by atoms with van der Waals surface area (Å²) in [4.78, 5) is 12.5. The lowest BCUT2D eigenvalue weighted by Gasteiger charge is -2.09. The van der Waals surface area contributed by atoms with Crippen LogP contribution in [-0.2, 0) is 6.42 Å². The molecule has 1 N–H and O–H groups in total. The standard InChI is InChI=1S/C16H12N6O/c17-10-9-12-5-7-13(8-6-12)19-16(23)14-3-1-2-4-15(14)22-11-18-20-21-22/h1-8,11H,9H2,(H,19,23). The number of hydrogen-bond donors (Lipinski definition) is 1. The average Bonchev–Trinajstić information content (AvgIpc) is 3.11. The maximum absolute atomic E-state index is 12.5. The lowest BCUT2D eigenvalue weighted by Crippen LogP contribution is -2.15. The second-order valence-electron chi connectivity index (χ2n) is 4.76. The second kappa shape index (κ2) is 6.49. The Labute approximate surface area is 132 Å². The SMILES string of the molecule is N#CCc1ccc(NC(=O)c2ccccc2-n2cnnn2)cc1. The van der Waals surface area contributed by atoms with E-state index in [1.807, 2.05) is 18.2 Å². The molecule has 0 aliphatic heterocycles. The first-order valence-electron chi connectivity index (χ1n) is 6.87. The van der Waals surface area contributed by atoms with Gasteiger partial charge >= 0.3 is 0 Å². The number of para-hydroxylation sites is 1. The molecule has 0 atom stereocenters. The van der Waals surface area contributed by atoms with E-state index in [1.165, 1.54) is 11.0 Å². The van der Waals surface area contributed by atoms with Gasteiger partial charge in [-0.15, -0.1) is 5.10 Å². The molecule has 3 rings (SSSR count). The Morgan fingerprint density at radius 3 is 2.65 bits per heavy atom. The van der Waals surface area contributed by atoms with E-state index in [0.29, 0.717) is 23.4 Å². The number of nitriles is 1. The van der Waals surface area contributed by atoms with E-state index < -0.39 is 0 Å². The van der Waals surface area contributed by atoms with Crippen molar-refractivity contribution in [1.29, 1.82) is 5.26 Å². The third-order valence-corrected chi connectivity index (χ3v) is 3.24. The van der Waals surface area contributed by atoms with Crippen molar-refractivity contribution in [3.8, 4) is 11.8 Å². The quantitative estimate of drug-likeness (QED) is 0.795. The third kappa shape index (κ3) is 3.22. The Morgan fingerprint density at radius 1 is 1.17 bits per heavy atom. The average molecular weight is 304 g/mol. The van der Waals surface area contributed by atoms with Gasteiger partial charge in [0.2, 0.25) is 0 Å². The molecular formula is C16H12N6O. The zero-order chi connectivity index (χ0) is 16.1. The molecule has 0 spiro atoms. The van der Waals surface area contributed by atoms with Crippen molar-refractivity contribution in [2.45, 2.75) is 6.42 Å². The van der Waals surface area contributed by atoms with E-state index in [4.69, 9.17) is 5.26 Å². The van der Waals surface area contributed by atoms with Gasteiger partial charge in [-0.3, -0.25) is 4.79 Å². The number of tetrazole rings is 1. The van der Waals surface area contributed by atoms with Crippen molar-refractivity contribution in [3.63, 3.8) is 0 Å². The highest BCUT2D eigenvalue weighted by Gasteiger charge is 2.13. The Balaban J connectivity index is 1.83. The molecule has 7 heteroatoms. The predicted molar refractivity (Wildman–Crippen MR) is 82.9 cm³/mol. The van der Waals surface area contributed by atoms with E-state index in [0.717, 1.165) is 5.56 Å². The van der Waals surface area contributed by atoms with Crippen LogP contribution < -0.4 is 5.32 Å². The van der Waals surface area contributed by atoms with Crippen molar-refractivity contribution >= 4 is 11.6 Å². The van der Waals surface area contributed by atoms with Gasteiger partial charge in [0.05, 0.1) is 23.7 Å². The number of benzene rings is 2. The van der Waals surface area contributed by atoms with Crippen LogP contribution >= 0.6 is 0 Å². The third-order valence-electron chi connectivity index (χ3n) is 3.24. The molecule has 23 heavy (non-hydrogen) atoms. The van der Waals surface area contributed by atoms with E-state index >= 15 is 0 Å². The molecular weight excluding hydrogens is 292 g/mol. The minimum Gasteiger partial charge on any atom is -0.322 e. The fraction of sp³-hybridized carbons (Fsp3) is 0.0625. The monoisotopic (exact) mass is 304 g/mol. The number of rotatable bonds is 4. The van der Waals surface area contributed by atoms with Crippen molar-refractivity contribution in [3.05, 3.63) is 66.0 Å². The molecule has 0 bridgehead atoms. The van der Waals surface area contributed by atoms with Crippen molar-refractivity contribution < 1.29 is 4.79 Å². The summed E-state index contributed by atoms with van der Waals surface area (Å²) in [5.41, 5.74) is 2.61. The number of anilines is 1. The van der Waals surface area contributed by atoms with Crippen LogP contribution in [0.15, 0.2) is 54.9 Å². The van der Waals surface area contributed by atoms with Gasteiger partial charge in [-0.05, 0) is 40.3 Å². The molecule has 0 fully saturated rings. The number of nitrogens with zero attached hydrogens (tertiary/aromatic N) is 5. The summed E-state index contributed by atoms with van der Waals surface area (Å²) in [6.45, 7) is 0. The van der Waals surface area contributed by atoms with Gasteiger partial charge in [0.15, 0.2) is 0 Å². The normalized spacial score (nSPS) is 10.0. The van der Waals surface area contributed by atoms with E-state index in [-0.39, 0.29) is 5.91 Å². The van der Waals surface area contributed by atoms with Gasteiger partial charge in [0.1, 0.15) is 6.33 Å². The molecule has 112 valence electrons. The van der Waals surface area contributed by atoms with Crippen molar-refractivity contribution in [1.82, 2.24) is 20.2 Å². The molecule has 0 unspecified atom stereocenters. The summed E-state index contributed by atoms with van der Waals surface area (Å²) in [6, 6.07) is 16.3. The van der Waals surface area contributed by atoms with Gasteiger partial charge in [-0.2, -0.15) is 9.94 Å². The highest BCUT2D eigenvalue weighted by atomic mass is 16.1. The van der Waals surface area contributed by atoms with Crippen LogP contribution in [0.5, 0.6) is 0 Å². The maximum Gasteiger partial charge on any atom is 0.257 e. The number of hydrogen-bond acceptors (Lipinski definition) is 5. The summed E-state index contributed by atoms with van der Waals surface area (Å²) in [5.74, 6) is -0.260. The summed E-state index contributed by atoms with van der Waals surface area (Å²) >= 11 is 0. The zero-order valence-corrected chi connectivity index (χ0v) is 12.0. The molecule has 1 aromatic heterocycles. The second-order valence-corrected chi connectivity index (χ2v) is 4.76. The van der Waals surface area contributed by atoms with Crippen molar-refractivity contribution in [2.75, 3.05) is 5.32 Å². The summed E-state index contributed by atoms with van der Waals surface area (Å²) in [7, 11) is 0. The van der Waals surface area contributed by atoms with Gasteiger partial charge in [0, 0.05) is 5.69 Å². The molecule has 0 saturated heterocycles. The Hall–Kier alpha value is -3.53. The molecule has 3 aromatic rings. The molecule has 0 aliphatic rings. The smallest absolute Gasteiger partial charge is 0.257 e. The van der Waals surface area contributed by atoms with Crippen LogP contribution in [0.3, 0.4) is 0 Å². The maximum atomic E-state index is 12.5. The molecule has 7 nitrogen and oxygen atoms in total. The number of carbonyl (C=O) groups is 1. The van der Waals surface area contributed by atoms with Crippen LogP contribution in [0.25, 0.3) is 5.69 Å². The first kappa shape index (κ1) is 14.4. The Bertz CT molecular complexity index is 849. The lowest BCUT2D eigenvalue weighted by molar-refractivity contribution is 0.102. The minimum atomic E-state index is -0.260. The molecule has 0 radical (unpaired) electrons. The summed E-state index contributed by atoms with van der Waals surface area (Å²) in [6.07, 6.45) is 1.78. The summed E-state index contributed by atoms with van der Waals surface area (Å²) < 4.78 is 1.44. The molecule has 2 aromatic carbocycles. The first-order chi connectivity index (χ1) is 11.3. The van der Waals surface area contributed by atoms with E-state index in [9.17, 15) is 4.79 Å².